The molecule has 0 aliphatic rings. The van der Waals surface area contributed by atoms with Gasteiger partial charge in [-0.3, -0.25) is 0 Å². The molecule has 0 heteroatoms. The Kier molecular flexibility index (Phi) is 34.8. The lowest BCUT2D eigenvalue weighted by molar-refractivity contribution is 0.394. The molecular formula is C21H48. The average molecular weight is 301 g/mol. The number of rotatable bonds is 13. The Balaban J connectivity index is -0.000000739. The lowest BCUT2D eigenvalue weighted by Gasteiger charge is -2.14. The summed E-state index contributed by atoms with van der Waals surface area (Å²) < 4.78 is 0. The fourth-order valence-corrected chi connectivity index (χ4v) is 2.63. The predicted molar refractivity (Wildman–Crippen MR) is 103 cm³/mol. The minimum atomic E-state index is 1.03. The van der Waals surface area contributed by atoms with Crippen LogP contribution in [-0.4, -0.2) is 0 Å². The third kappa shape index (κ3) is 25.3. The third-order valence-corrected chi connectivity index (χ3v) is 4.01. The van der Waals surface area contributed by atoms with E-state index in [1.165, 1.54) is 83.5 Å². The van der Waals surface area contributed by atoms with Crippen LogP contribution in [0.1, 0.15) is 132 Å². The Hall–Kier alpha value is 0. The first kappa shape index (κ1) is 25.9. The van der Waals surface area contributed by atoms with Gasteiger partial charge in [0, 0.05) is 0 Å². The predicted octanol–water partition coefficient (Wildman–Crippen LogP) is 8.79. The van der Waals surface area contributed by atoms with Gasteiger partial charge in [0.1, 0.15) is 0 Å². The minimum Gasteiger partial charge on any atom is -0.0683 e. The van der Waals surface area contributed by atoms with Crippen molar-refractivity contribution in [3.05, 3.63) is 0 Å². The summed E-state index contributed by atoms with van der Waals surface area (Å²) in [5.74, 6) is 1.03. The second kappa shape index (κ2) is 28.2. The Morgan fingerprint density at radius 3 is 1.19 bits per heavy atom. The smallest absolute Gasteiger partial charge is 0.0417 e. The van der Waals surface area contributed by atoms with Crippen LogP contribution in [0.4, 0.5) is 0 Å². The molecule has 0 saturated heterocycles. The maximum atomic E-state index is 2.38. The zero-order valence-corrected chi connectivity index (χ0v) is 16.8. The Bertz CT molecular complexity index is 128. The van der Waals surface area contributed by atoms with Crippen LogP contribution < -0.4 is 0 Å². The van der Waals surface area contributed by atoms with Crippen molar-refractivity contribution < 1.29 is 0 Å². The van der Waals surface area contributed by atoms with E-state index in [0.717, 1.165) is 5.92 Å². The number of hydrogen-bond acceptors (Lipinski definition) is 0. The molecule has 132 valence electrons. The molecule has 0 aliphatic heterocycles. The lowest BCUT2D eigenvalue weighted by atomic mass is 9.92. The van der Waals surface area contributed by atoms with Crippen LogP contribution in [0.25, 0.3) is 0 Å². The number of unbranched alkanes of at least 4 members (excludes halogenated alkanes) is 8. The summed E-state index contributed by atoms with van der Waals surface area (Å²) in [5.41, 5.74) is 0. The maximum absolute atomic E-state index is 2.38. The van der Waals surface area contributed by atoms with Crippen molar-refractivity contribution in [2.75, 3.05) is 0 Å². The van der Waals surface area contributed by atoms with E-state index in [9.17, 15) is 0 Å². The molecule has 0 spiro atoms. The van der Waals surface area contributed by atoms with Crippen molar-refractivity contribution in [1.29, 1.82) is 0 Å². The van der Waals surface area contributed by atoms with E-state index in [4.69, 9.17) is 0 Å². The molecule has 0 amide bonds. The van der Waals surface area contributed by atoms with Gasteiger partial charge >= 0.3 is 0 Å². The van der Waals surface area contributed by atoms with Gasteiger partial charge in [0.15, 0.2) is 0 Å². The second-order valence-corrected chi connectivity index (χ2v) is 5.68. The van der Waals surface area contributed by atoms with E-state index in [1.54, 1.807) is 0 Å². The van der Waals surface area contributed by atoms with Crippen LogP contribution in [-0.2, 0) is 0 Å². The lowest BCUT2D eigenvalue weighted by Crippen LogP contribution is -1.99. The monoisotopic (exact) mass is 300 g/mol. The van der Waals surface area contributed by atoms with Crippen LogP contribution in [0, 0.1) is 5.92 Å². The van der Waals surface area contributed by atoms with E-state index in [2.05, 4.69) is 20.8 Å². The molecule has 0 heterocycles. The molecule has 0 rings (SSSR count). The molecule has 0 aromatic carbocycles. The van der Waals surface area contributed by atoms with Crippen molar-refractivity contribution in [2.24, 2.45) is 5.92 Å². The molecule has 0 radical (unpaired) electrons. The first-order valence-corrected chi connectivity index (χ1v) is 10.3. The van der Waals surface area contributed by atoms with Gasteiger partial charge in [-0.05, 0) is 5.92 Å². The zero-order valence-electron chi connectivity index (χ0n) is 16.8. The van der Waals surface area contributed by atoms with E-state index < -0.39 is 0 Å². The normalized spacial score (nSPS) is 11.0. The van der Waals surface area contributed by atoms with Gasteiger partial charge in [-0.15, -0.1) is 0 Å². The molecule has 1 unspecified atom stereocenters. The molecule has 0 aromatic heterocycles. The average Bonchev–Trinajstić information content (AvgIpc) is 2.56. The SMILES string of the molecule is CC.CC.CCCCCCCCC(CC)CCCCCC. The summed E-state index contributed by atoms with van der Waals surface area (Å²) in [6.45, 7) is 15.0. The highest BCUT2D eigenvalue weighted by molar-refractivity contribution is 4.58. The fourth-order valence-electron chi connectivity index (χ4n) is 2.63. The quantitative estimate of drug-likeness (QED) is 0.298. The molecule has 0 aliphatic carbocycles. The molecule has 1 atom stereocenters. The van der Waals surface area contributed by atoms with Crippen LogP contribution in [0.2, 0.25) is 0 Å². The Labute approximate surface area is 138 Å². The van der Waals surface area contributed by atoms with Crippen LogP contribution in [0.3, 0.4) is 0 Å². The number of hydrogen-bond donors (Lipinski definition) is 0. The standard InChI is InChI=1S/C17H36.2C2H6/c1-4-7-9-11-12-14-16-17(6-3)15-13-10-8-5-2;2*1-2/h17H,4-16H2,1-3H3;2*1-2H3. The largest absolute Gasteiger partial charge is 0.0683 e. The highest BCUT2D eigenvalue weighted by atomic mass is 14.1. The summed E-state index contributed by atoms with van der Waals surface area (Å²) in [4.78, 5) is 0. The molecule has 0 nitrogen and oxygen atoms in total. The Morgan fingerprint density at radius 2 is 0.810 bits per heavy atom. The molecule has 0 bridgehead atoms. The van der Waals surface area contributed by atoms with Gasteiger partial charge in [-0.1, -0.05) is 132 Å². The molecule has 0 saturated carbocycles. The first-order valence-electron chi connectivity index (χ1n) is 10.3. The summed E-state index contributed by atoms with van der Waals surface area (Å²) in [6, 6.07) is 0. The van der Waals surface area contributed by atoms with Gasteiger partial charge in [0.05, 0.1) is 0 Å². The van der Waals surface area contributed by atoms with Gasteiger partial charge < -0.3 is 0 Å². The summed E-state index contributed by atoms with van der Waals surface area (Å²) in [5, 5.41) is 0. The van der Waals surface area contributed by atoms with E-state index >= 15 is 0 Å². The topological polar surface area (TPSA) is 0 Å². The van der Waals surface area contributed by atoms with E-state index in [0.29, 0.717) is 0 Å². The van der Waals surface area contributed by atoms with Gasteiger partial charge in [-0.2, -0.15) is 0 Å². The molecule has 0 N–H and O–H groups in total. The minimum absolute atomic E-state index is 1.03. The highest BCUT2D eigenvalue weighted by Crippen LogP contribution is 2.21. The van der Waals surface area contributed by atoms with E-state index in [1.807, 2.05) is 27.7 Å². The fraction of sp³-hybridized carbons (Fsp3) is 1.00. The van der Waals surface area contributed by atoms with Crippen LogP contribution >= 0.6 is 0 Å². The summed E-state index contributed by atoms with van der Waals surface area (Å²) in [7, 11) is 0. The van der Waals surface area contributed by atoms with Gasteiger partial charge in [0.25, 0.3) is 0 Å². The van der Waals surface area contributed by atoms with Gasteiger partial charge in [-0.25, -0.2) is 0 Å². The summed E-state index contributed by atoms with van der Waals surface area (Å²) >= 11 is 0. The summed E-state index contributed by atoms with van der Waals surface area (Å²) in [6.07, 6.45) is 18.8. The second-order valence-electron chi connectivity index (χ2n) is 5.68. The first-order chi connectivity index (χ1) is 10.3. The van der Waals surface area contributed by atoms with E-state index in [-0.39, 0.29) is 0 Å². The van der Waals surface area contributed by atoms with Crippen LogP contribution in [0.5, 0.6) is 0 Å². The van der Waals surface area contributed by atoms with Crippen molar-refractivity contribution in [2.45, 2.75) is 132 Å². The van der Waals surface area contributed by atoms with Crippen molar-refractivity contribution >= 4 is 0 Å². The molecule has 21 heavy (non-hydrogen) atoms. The zero-order chi connectivity index (χ0) is 16.8. The van der Waals surface area contributed by atoms with Crippen molar-refractivity contribution in [3.63, 3.8) is 0 Å². The highest BCUT2D eigenvalue weighted by Gasteiger charge is 2.05. The van der Waals surface area contributed by atoms with Crippen molar-refractivity contribution in [3.8, 4) is 0 Å². The molecule has 0 aromatic rings. The molecule has 0 fully saturated rings. The maximum Gasteiger partial charge on any atom is -0.0417 e. The molecular weight excluding hydrogens is 252 g/mol. The van der Waals surface area contributed by atoms with Crippen molar-refractivity contribution in [1.82, 2.24) is 0 Å². The third-order valence-electron chi connectivity index (χ3n) is 4.01. The van der Waals surface area contributed by atoms with Crippen LogP contribution in [0.15, 0.2) is 0 Å². The van der Waals surface area contributed by atoms with Gasteiger partial charge in [0.2, 0.25) is 0 Å². The Morgan fingerprint density at radius 1 is 0.476 bits per heavy atom.